The molecular formula is C24H24N4O. The molecule has 0 aliphatic rings. The number of rotatable bonds is 8. The molecule has 1 heterocycles. The summed E-state index contributed by atoms with van der Waals surface area (Å²) in [7, 11) is 0. The maximum Gasteiger partial charge on any atom is 0.251 e. The third-order valence-corrected chi connectivity index (χ3v) is 4.81. The zero-order valence-electron chi connectivity index (χ0n) is 16.2. The van der Waals surface area contributed by atoms with Gasteiger partial charge in [-0.1, -0.05) is 54.6 Å². The standard InChI is InChI=1S/C24H24N4O/c29-24(26-16-19-7-2-1-3-8-19)20-10-6-9-18(15-20)13-14-25-17-23-27-21-11-4-5-12-22(21)28-23/h1-12,15,25H,13-14,16-17H2,(H,26,29)(H,27,28). The monoisotopic (exact) mass is 384 g/mol. The fourth-order valence-electron chi connectivity index (χ4n) is 3.28. The van der Waals surface area contributed by atoms with Gasteiger partial charge >= 0.3 is 0 Å². The Hall–Kier alpha value is -3.44. The predicted octanol–water partition coefficient (Wildman–Crippen LogP) is 3.83. The van der Waals surface area contributed by atoms with E-state index in [1.54, 1.807) is 0 Å². The zero-order valence-corrected chi connectivity index (χ0v) is 16.2. The van der Waals surface area contributed by atoms with Crippen LogP contribution in [0.4, 0.5) is 0 Å². The third-order valence-electron chi connectivity index (χ3n) is 4.81. The summed E-state index contributed by atoms with van der Waals surface area (Å²) in [5, 5.41) is 6.39. The number of hydrogen-bond acceptors (Lipinski definition) is 3. The second-order valence-corrected chi connectivity index (χ2v) is 7.00. The van der Waals surface area contributed by atoms with Crippen molar-refractivity contribution in [3.8, 4) is 0 Å². The first-order valence-corrected chi connectivity index (χ1v) is 9.83. The van der Waals surface area contributed by atoms with Crippen molar-refractivity contribution in [2.45, 2.75) is 19.5 Å². The van der Waals surface area contributed by atoms with E-state index in [0.717, 1.165) is 41.0 Å². The number of nitrogens with zero attached hydrogens (tertiary/aromatic N) is 1. The predicted molar refractivity (Wildman–Crippen MR) is 116 cm³/mol. The SMILES string of the molecule is O=C(NCc1ccccc1)c1cccc(CCNCc2nc3ccccc3[nH]2)c1. The lowest BCUT2D eigenvalue weighted by atomic mass is 10.1. The van der Waals surface area contributed by atoms with E-state index in [0.29, 0.717) is 18.7 Å². The molecule has 0 aliphatic carbocycles. The molecule has 3 N–H and O–H groups in total. The van der Waals surface area contributed by atoms with Crippen LogP contribution in [0.15, 0.2) is 78.9 Å². The summed E-state index contributed by atoms with van der Waals surface area (Å²) >= 11 is 0. The molecule has 0 fully saturated rings. The van der Waals surface area contributed by atoms with Gasteiger partial charge in [-0.05, 0) is 48.4 Å². The summed E-state index contributed by atoms with van der Waals surface area (Å²) in [4.78, 5) is 20.3. The molecule has 0 aliphatic heterocycles. The Labute approximate surface area is 170 Å². The van der Waals surface area contributed by atoms with Crippen molar-refractivity contribution in [1.29, 1.82) is 0 Å². The van der Waals surface area contributed by atoms with Crippen LogP contribution < -0.4 is 10.6 Å². The van der Waals surface area contributed by atoms with Crippen LogP contribution in [-0.2, 0) is 19.5 Å². The maximum absolute atomic E-state index is 12.4. The lowest BCUT2D eigenvalue weighted by molar-refractivity contribution is 0.0951. The molecule has 4 aromatic rings. The second-order valence-electron chi connectivity index (χ2n) is 7.00. The van der Waals surface area contributed by atoms with Gasteiger partial charge in [-0.3, -0.25) is 4.79 Å². The van der Waals surface area contributed by atoms with Crippen LogP contribution in [0.3, 0.4) is 0 Å². The third kappa shape index (κ3) is 5.09. The van der Waals surface area contributed by atoms with Crippen LogP contribution in [-0.4, -0.2) is 22.4 Å². The Balaban J connectivity index is 1.26. The second kappa shape index (κ2) is 9.17. The number of benzene rings is 3. The molecule has 0 radical (unpaired) electrons. The first kappa shape index (κ1) is 18.9. The van der Waals surface area contributed by atoms with Crippen LogP contribution in [0.5, 0.6) is 0 Å². The van der Waals surface area contributed by atoms with Crippen molar-refractivity contribution >= 4 is 16.9 Å². The molecule has 0 spiro atoms. The normalized spacial score (nSPS) is 10.9. The molecule has 4 rings (SSSR count). The van der Waals surface area contributed by atoms with Crippen molar-refractivity contribution < 1.29 is 4.79 Å². The van der Waals surface area contributed by atoms with Crippen molar-refractivity contribution in [2.24, 2.45) is 0 Å². The average Bonchev–Trinajstić information content (AvgIpc) is 3.19. The van der Waals surface area contributed by atoms with Crippen LogP contribution in [0.2, 0.25) is 0 Å². The van der Waals surface area contributed by atoms with E-state index in [9.17, 15) is 4.79 Å². The van der Waals surface area contributed by atoms with Gasteiger partial charge in [0.1, 0.15) is 5.82 Å². The number of hydrogen-bond donors (Lipinski definition) is 3. The minimum atomic E-state index is -0.0501. The molecule has 0 atom stereocenters. The highest BCUT2D eigenvalue weighted by molar-refractivity contribution is 5.94. The topological polar surface area (TPSA) is 69.8 Å². The van der Waals surface area contributed by atoms with Gasteiger partial charge in [0.2, 0.25) is 0 Å². The molecule has 5 nitrogen and oxygen atoms in total. The molecule has 0 unspecified atom stereocenters. The first-order valence-electron chi connectivity index (χ1n) is 9.83. The molecule has 3 aromatic carbocycles. The fourth-order valence-corrected chi connectivity index (χ4v) is 3.28. The first-order chi connectivity index (χ1) is 14.3. The smallest absolute Gasteiger partial charge is 0.251 e. The number of nitrogens with one attached hydrogen (secondary N) is 3. The average molecular weight is 384 g/mol. The number of para-hydroxylation sites is 2. The largest absolute Gasteiger partial charge is 0.348 e. The van der Waals surface area contributed by atoms with Crippen molar-refractivity contribution in [1.82, 2.24) is 20.6 Å². The lowest BCUT2D eigenvalue weighted by Crippen LogP contribution is -2.23. The summed E-state index contributed by atoms with van der Waals surface area (Å²) in [5.41, 5.74) is 4.95. The van der Waals surface area contributed by atoms with Gasteiger partial charge < -0.3 is 15.6 Å². The van der Waals surface area contributed by atoms with Gasteiger partial charge in [-0.25, -0.2) is 4.98 Å². The highest BCUT2D eigenvalue weighted by atomic mass is 16.1. The molecule has 146 valence electrons. The van der Waals surface area contributed by atoms with Gasteiger partial charge in [0, 0.05) is 12.1 Å². The number of aromatic amines is 1. The van der Waals surface area contributed by atoms with E-state index in [-0.39, 0.29) is 5.91 Å². The number of amides is 1. The molecular weight excluding hydrogens is 360 g/mol. The van der Waals surface area contributed by atoms with E-state index in [4.69, 9.17) is 0 Å². The lowest BCUT2D eigenvalue weighted by Gasteiger charge is -2.08. The Morgan fingerprint density at radius 1 is 0.862 bits per heavy atom. The van der Waals surface area contributed by atoms with Gasteiger partial charge in [-0.15, -0.1) is 0 Å². The van der Waals surface area contributed by atoms with E-state index in [1.807, 2.05) is 72.8 Å². The van der Waals surface area contributed by atoms with Crippen LogP contribution in [0.1, 0.15) is 27.3 Å². The maximum atomic E-state index is 12.4. The van der Waals surface area contributed by atoms with Crippen molar-refractivity contribution in [3.63, 3.8) is 0 Å². The summed E-state index contributed by atoms with van der Waals surface area (Å²) in [6.07, 6.45) is 0.847. The number of carbonyl (C=O) groups is 1. The number of carbonyl (C=O) groups excluding carboxylic acids is 1. The van der Waals surface area contributed by atoms with E-state index in [2.05, 4.69) is 26.7 Å². The van der Waals surface area contributed by atoms with Gasteiger partial charge in [0.15, 0.2) is 0 Å². The van der Waals surface area contributed by atoms with E-state index >= 15 is 0 Å². The van der Waals surface area contributed by atoms with E-state index < -0.39 is 0 Å². The number of imidazole rings is 1. The Kier molecular flexibility index (Phi) is 5.98. The Morgan fingerprint density at radius 3 is 2.52 bits per heavy atom. The minimum Gasteiger partial charge on any atom is -0.348 e. The Bertz CT molecular complexity index is 1060. The molecule has 0 bridgehead atoms. The highest BCUT2D eigenvalue weighted by Crippen LogP contribution is 2.10. The van der Waals surface area contributed by atoms with Crippen molar-refractivity contribution in [3.05, 3.63) is 101 Å². The summed E-state index contributed by atoms with van der Waals surface area (Å²) < 4.78 is 0. The summed E-state index contributed by atoms with van der Waals surface area (Å²) in [5.74, 6) is 0.881. The number of H-pyrrole nitrogens is 1. The molecule has 0 saturated carbocycles. The Morgan fingerprint density at radius 2 is 1.66 bits per heavy atom. The van der Waals surface area contributed by atoms with Gasteiger partial charge in [0.05, 0.1) is 17.6 Å². The van der Waals surface area contributed by atoms with Gasteiger partial charge in [0.25, 0.3) is 5.91 Å². The van der Waals surface area contributed by atoms with E-state index in [1.165, 1.54) is 0 Å². The van der Waals surface area contributed by atoms with Crippen LogP contribution in [0, 0.1) is 0 Å². The summed E-state index contributed by atoms with van der Waals surface area (Å²) in [6.45, 7) is 2.03. The highest BCUT2D eigenvalue weighted by Gasteiger charge is 2.06. The molecule has 0 saturated heterocycles. The number of aromatic nitrogens is 2. The van der Waals surface area contributed by atoms with Crippen LogP contribution >= 0.6 is 0 Å². The molecule has 29 heavy (non-hydrogen) atoms. The zero-order chi connectivity index (χ0) is 19.9. The molecule has 1 aromatic heterocycles. The fraction of sp³-hybridized carbons (Fsp3) is 0.167. The molecule has 1 amide bonds. The minimum absolute atomic E-state index is 0.0501. The van der Waals surface area contributed by atoms with Gasteiger partial charge in [-0.2, -0.15) is 0 Å². The van der Waals surface area contributed by atoms with Crippen LogP contribution in [0.25, 0.3) is 11.0 Å². The van der Waals surface area contributed by atoms with Crippen molar-refractivity contribution in [2.75, 3.05) is 6.54 Å². The molecule has 5 heteroatoms. The number of fused-ring (bicyclic) bond motifs is 1. The quantitative estimate of drug-likeness (QED) is 0.405. The summed E-state index contributed by atoms with van der Waals surface area (Å²) in [6, 6.07) is 25.7.